The molecule has 0 spiro atoms. The molecule has 0 bridgehead atoms. The Morgan fingerprint density at radius 1 is 1.40 bits per heavy atom. The van der Waals surface area contributed by atoms with E-state index in [2.05, 4.69) is 64.8 Å². The zero-order valence-corrected chi connectivity index (χ0v) is 11.5. The van der Waals surface area contributed by atoms with Gasteiger partial charge in [0.05, 0.1) is 0 Å². The summed E-state index contributed by atoms with van der Waals surface area (Å²) >= 11 is 2.20. The molecule has 15 heavy (non-hydrogen) atoms. The smallest absolute Gasteiger partial charge is 0.226 e. The molecule has 0 aliphatic heterocycles. The van der Waals surface area contributed by atoms with E-state index in [0.29, 0.717) is 0 Å². The predicted molar refractivity (Wildman–Crippen MR) is 72.0 cm³/mol. The Hall–Kier alpha value is -0.650. The van der Waals surface area contributed by atoms with Crippen LogP contribution in [0.3, 0.4) is 0 Å². The van der Waals surface area contributed by atoms with Crippen molar-refractivity contribution in [3.63, 3.8) is 0 Å². The third-order valence-electron chi connectivity index (χ3n) is 1.97. The first-order chi connectivity index (χ1) is 6.95. The van der Waals surface area contributed by atoms with E-state index in [1.54, 1.807) is 0 Å². The highest BCUT2D eigenvalue weighted by molar-refractivity contribution is 14.1. The molecule has 0 aliphatic carbocycles. The Morgan fingerprint density at radius 3 is 2.33 bits per heavy atom. The number of halogens is 1. The van der Waals surface area contributed by atoms with Gasteiger partial charge in [-0.15, -0.1) is 6.58 Å². The quantitative estimate of drug-likeness (QED) is 0.634. The molecule has 1 rings (SSSR count). The SMILES string of the molecule is C=CCN(c1ncc(I)cn1)C(C)(C)C. The maximum absolute atomic E-state index is 4.32. The molecule has 1 heterocycles. The number of nitrogens with zero attached hydrogens (tertiary/aromatic N) is 3. The lowest BCUT2D eigenvalue weighted by Crippen LogP contribution is -2.42. The van der Waals surface area contributed by atoms with E-state index in [4.69, 9.17) is 0 Å². The van der Waals surface area contributed by atoms with Gasteiger partial charge < -0.3 is 4.90 Å². The van der Waals surface area contributed by atoms with Gasteiger partial charge in [0.1, 0.15) is 0 Å². The van der Waals surface area contributed by atoms with Gasteiger partial charge in [0, 0.05) is 28.0 Å². The summed E-state index contributed by atoms with van der Waals surface area (Å²) in [7, 11) is 0. The van der Waals surface area contributed by atoms with Crippen molar-refractivity contribution < 1.29 is 0 Å². The first-order valence-electron chi connectivity index (χ1n) is 4.81. The number of hydrogen-bond donors (Lipinski definition) is 0. The Labute approximate surface area is 105 Å². The largest absolute Gasteiger partial charge is 0.332 e. The molecule has 0 aliphatic rings. The third-order valence-corrected chi connectivity index (χ3v) is 2.53. The van der Waals surface area contributed by atoms with E-state index in [-0.39, 0.29) is 5.54 Å². The van der Waals surface area contributed by atoms with Crippen LogP contribution >= 0.6 is 22.6 Å². The van der Waals surface area contributed by atoms with Crippen LogP contribution < -0.4 is 4.90 Å². The van der Waals surface area contributed by atoms with Gasteiger partial charge >= 0.3 is 0 Å². The van der Waals surface area contributed by atoms with Crippen molar-refractivity contribution in [1.29, 1.82) is 0 Å². The van der Waals surface area contributed by atoms with Crippen LogP contribution in [-0.4, -0.2) is 22.1 Å². The van der Waals surface area contributed by atoms with Crippen LogP contribution in [0.1, 0.15) is 20.8 Å². The van der Waals surface area contributed by atoms with Crippen LogP contribution in [-0.2, 0) is 0 Å². The maximum atomic E-state index is 4.32. The Balaban J connectivity index is 2.99. The molecule has 1 aromatic rings. The standard InChI is InChI=1S/C11H16IN3/c1-5-6-15(11(2,3)4)10-13-7-9(12)8-14-10/h5,7-8H,1,6H2,2-4H3. The minimum absolute atomic E-state index is 0.000972. The Kier molecular flexibility index (Phi) is 4.07. The van der Waals surface area contributed by atoms with E-state index in [1.807, 2.05) is 18.5 Å². The Morgan fingerprint density at radius 2 is 1.93 bits per heavy atom. The monoisotopic (exact) mass is 317 g/mol. The molecule has 82 valence electrons. The summed E-state index contributed by atoms with van der Waals surface area (Å²) in [5.41, 5.74) is 0.000972. The minimum atomic E-state index is 0.000972. The molecule has 0 saturated carbocycles. The van der Waals surface area contributed by atoms with Gasteiger partial charge in [-0.05, 0) is 43.4 Å². The van der Waals surface area contributed by atoms with Crippen LogP contribution in [0.4, 0.5) is 5.95 Å². The highest BCUT2D eigenvalue weighted by Gasteiger charge is 2.22. The minimum Gasteiger partial charge on any atom is -0.332 e. The fourth-order valence-electron chi connectivity index (χ4n) is 1.23. The molecule has 0 radical (unpaired) electrons. The van der Waals surface area contributed by atoms with E-state index < -0.39 is 0 Å². The van der Waals surface area contributed by atoms with Crippen LogP contribution in [0.5, 0.6) is 0 Å². The summed E-state index contributed by atoms with van der Waals surface area (Å²) in [6.45, 7) is 10.9. The first kappa shape index (κ1) is 12.4. The molecular weight excluding hydrogens is 301 g/mol. The van der Waals surface area contributed by atoms with Gasteiger partial charge in [-0.2, -0.15) is 0 Å². The van der Waals surface area contributed by atoms with Crippen molar-refractivity contribution in [2.75, 3.05) is 11.4 Å². The van der Waals surface area contributed by atoms with Crippen LogP contribution in [0.15, 0.2) is 25.0 Å². The summed E-state index contributed by atoms with van der Waals surface area (Å²) in [5.74, 6) is 0.753. The van der Waals surface area contributed by atoms with Crippen LogP contribution in [0.25, 0.3) is 0 Å². The summed E-state index contributed by atoms with van der Waals surface area (Å²) in [6, 6.07) is 0. The molecule has 0 fully saturated rings. The van der Waals surface area contributed by atoms with Gasteiger partial charge in [0.25, 0.3) is 0 Å². The molecule has 3 nitrogen and oxygen atoms in total. The first-order valence-corrected chi connectivity index (χ1v) is 5.89. The molecule has 4 heteroatoms. The summed E-state index contributed by atoms with van der Waals surface area (Å²) in [4.78, 5) is 10.8. The van der Waals surface area contributed by atoms with Crippen LogP contribution in [0, 0.1) is 3.57 Å². The topological polar surface area (TPSA) is 29.0 Å². The maximum Gasteiger partial charge on any atom is 0.226 e. The summed E-state index contributed by atoms with van der Waals surface area (Å²) < 4.78 is 1.05. The second kappa shape index (κ2) is 4.92. The van der Waals surface area contributed by atoms with Gasteiger partial charge in [-0.3, -0.25) is 0 Å². The Bertz CT molecular complexity index is 327. The lowest BCUT2D eigenvalue weighted by molar-refractivity contribution is 0.511. The molecule has 0 aromatic carbocycles. The van der Waals surface area contributed by atoms with Gasteiger partial charge in [-0.1, -0.05) is 6.08 Å². The predicted octanol–water partition coefficient (Wildman–Crippen LogP) is 2.87. The number of aromatic nitrogens is 2. The van der Waals surface area contributed by atoms with E-state index in [0.717, 1.165) is 16.1 Å². The zero-order valence-electron chi connectivity index (χ0n) is 9.37. The second-order valence-corrected chi connectivity index (χ2v) is 5.52. The summed E-state index contributed by atoms with van der Waals surface area (Å²) in [5, 5.41) is 0. The van der Waals surface area contributed by atoms with Crippen LogP contribution in [0.2, 0.25) is 0 Å². The molecule has 0 saturated heterocycles. The van der Waals surface area contributed by atoms with E-state index in [1.165, 1.54) is 0 Å². The number of rotatable bonds is 3. The average molecular weight is 317 g/mol. The van der Waals surface area contributed by atoms with Crippen molar-refractivity contribution in [2.24, 2.45) is 0 Å². The molecule has 0 atom stereocenters. The number of anilines is 1. The van der Waals surface area contributed by atoms with Crippen molar-refractivity contribution >= 4 is 28.5 Å². The van der Waals surface area contributed by atoms with E-state index in [9.17, 15) is 0 Å². The lowest BCUT2D eigenvalue weighted by atomic mass is 10.1. The number of hydrogen-bond acceptors (Lipinski definition) is 3. The van der Waals surface area contributed by atoms with E-state index >= 15 is 0 Å². The van der Waals surface area contributed by atoms with Crippen molar-refractivity contribution in [3.05, 3.63) is 28.6 Å². The van der Waals surface area contributed by atoms with Gasteiger partial charge in [0.2, 0.25) is 5.95 Å². The molecule has 0 amide bonds. The average Bonchev–Trinajstić information content (AvgIpc) is 2.14. The van der Waals surface area contributed by atoms with Gasteiger partial charge in [-0.25, -0.2) is 9.97 Å². The zero-order chi connectivity index (χ0) is 11.5. The van der Waals surface area contributed by atoms with Gasteiger partial charge in [0.15, 0.2) is 0 Å². The second-order valence-electron chi connectivity index (χ2n) is 4.27. The fourth-order valence-corrected chi connectivity index (χ4v) is 1.51. The van der Waals surface area contributed by atoms with Crippen molar-refractivity contribution in [3.8, 4) is 0 Å². The molecule has 0 N–H and O–H groups in total. The molecular formula is C11H16IN3. The third kappa shape index (κ3) is 3.44. The summed E-state index contributed by atoms with van der Waals surface area (Å²) in [6.07, 6.45) is 5.52. The lowest BCUT2D eigenvalue weighted by Gasteiger charge is -2.34. The highest BCUT2D eigenvalue weighted by atomic mass is 127. The molecule has 1 aromatic heterocycles. The van der Waals surface area contributed by atoms with Crippen molar-refractivity contribution in [2.45, 2.75) is 26.3 Å². The van der Waals surface area contributed by atoms with Crippen molar-refractivity contribution in [1.82, 2.24) is 9.97 Å². The molecule has 0 unspecified atom stereocenters. The highest BCUT2D eigenvalue weighted by Crippen LogP contribution is 2.19. The normalized spacial score (nSPS) is 11.2. The fraction of sp³-hybridized carbons (Fsp3) is 0.455.